The van der Waals surface area contributed by atoms with Gasteiger partial charge in [-0.25, -0.2) is 13.6 Å². The van der Waals surface area contributed by atoms with Gasteiger partial charge < -0.3 is 9.30 Å². The summed E-state index contributed by atoms with van der Waals surface area (Å²) in [6, 6.07) is 0.790. The Morgan fingerprint density at radius 1 is 1.48 bits per heavy atom. The van der Waals surface area contributed by atoms with Crippen molar-refractivity contribution in [1.82, 2.24) is 4.57 Å². The number of aromatic nitrogens is 1. The van der Waals surface area contributed by atoms with E-state index in [1.165, 1.54) is 6.20 Å². The molecule has 0 radical (unpaired) electrons. The summed E-state index contributed by atoms with van der Waals surface area (Å²) in [4.78, 5) is 24.5. The zero-order valence-corrected chi connectivity index (χ0v) is 12.4. The average molecular weight is 317 g/mol. The van der Waals surface area contributed by atoms with Gasteiger partial charge in [-0.1, -0.05) is 5.92 Å². The van der Waals surface area contributed by atoms with Crippen LogP contribution in [0.4, 0.5) is 8.78 Å². The molecule has 0 saturated heterocycles. The monoisotopic (exact) mass is 317 g/mol. The largest absolute Gasteiger partial charge is 0.462 e. The normalized spacial score (nSPS) is 13.8. The summed E-state index contributed by atoms with van der Waals surface area (Å²) < 4.78 is 34.2. The minimum Gasteiger partial charge on any atom is -0.462 e. The van der Waals surface area contributed by atoms with Gasteiger partial charge in [-0.05, 0) is 25.8 Å². The molecule has 0 amide bonds. The number of benzene rings is 1. The zero-order valence-electron chi connectivity index (χ0n) is 12.4. The topological polar surface area (TPSA) is 48.3 Å². The van der Waals surface area contributed by atoms with Crippen LogP contribution in [-0.4, -0.2) is 17.1 Å². The maximum Gasteiger partial charge on any atom is 0.343 e. The summed E-state index contributed by atoms with van der Waals surface area (Å²) in [6.07, 6.45) is 8.26. The molecule has 118 valence electrons. The number of hydrogen-bond donors (Lipinski definition) is 0. The molecule has 0 N–H and O–H groups in total. The lowest BCUT2D eigenvalue weighted by Crippen LogP contribution is -2.21. The first-order chi connectivity index (χ1) is 11.0. The van der Waals surface area contributed by atoms with Crippen LogP contribution in [0.15, 0.2) is 17.1 Å². The van der Waals surface area contributed by atoms with Crippen molar-refractivity contribution < 1.29 is 18.3 Å². The van der Waals surface area contributed by atoms with Crippen LogP contribution in [0, 0.1) is 24.0 Å². The number of rotatable bonds is 3. The van der Waals surface area contributed by atoms with Crippen molar-refractivity contribution in [3.8, 4) is 12.3 Å². The van der Waals surface area contributed by atoms with E-state index in [0.29, 0.717) is 0 Å². The number of ether oxygens (including phenoxy) is 1. The number of esters is 1. The predicted octanol–water partition coefficient (Wildman–Crippen LogP) is 2.77. The number of carbonyl (C=O) groups is 1. The quantitative estimate of drug-likeness (QED) is 0.646. The smallest absolute Gasteiger partial charge is 0.343 e. The molecule has 1 aliphatic carbocycles. The van der Waals surface area contributed by atoms with E-state index in [-0.39, 0.29) is 34.7 Å². The first kappa shape index (κ1) is 15.2. The van der Waals surface area contributed by atoms with E-state index in [2.05, 4.69) is 5.92 Å². The summed E-state index contributed by atoms with van der Waals surface area (Å²) in [5.74, 6) is -1.06. The third-order valence-corrected chi connectivity index (χ3v) is 3.79. The number of fused-ring (bicyclic) bond motifs is 1. The molecule has 1 aliphatic rings. The lowest BCUT2D eigenvalue weighted by molar-refractivity contribution is 0.0524. The highest BCUT2D eigenvalue weighted by molar-refractivity contribution is 5.95. The van der Waals surface area contributed by atoms with Gasteiger partial charge >= 0.3 is 5.97 Å². The van der Waals surface area contributed by atoms with E-state index in [0.717, 1.165) is 18.9 Å². The lowest BCUT2D eigenvalue weighted by Gasteiger charge is -2.14. The third kappa shape index (κ3) is 2.38. The van der Waals surface area contributed by atoms with Crippen LogP contribution in [0.25, 0.3) is 10.9 Å². The van der Waals surface area contributed by atoms with Crippen LogP contribution in [0.2, 0.25) is 0 Å². The highest BCUT2D eigenvalue weighted by Gasteiger charge is 2.29. The molecule has 0 bridgehead atoms. The molecule has 6 heteroatoms. The standard InChI is InChI=1S/C17H13F2NO3/c1-3-10-14(19)13(18)7-11-15(10)20(9-5-6-9)8-12(16(11)21)17(22)23-4-2/h1,7-9H,4-6H2,2H3. The Kier molecular flexibility index (Phi) is 3.64. The first-order valence-corrected chi connectivity index (χ1v) is 7.20. The molecule has 1 fully saturated rings. The number of pyridine rings is 1. The Morgan fingerprint density at radius 3 is 2.74 bits per heavy atom. The van der Waals surface area contributed by atoms with Crippen LogP contribution in [0.5, 0.6) is 0 Å². The molecule has 3 rings (SSSR count). The number of halogens is 2. The van der Waals surface area contributed by atoms with Crippen molar-refractivity contribution >= 4 is 16.9 Å². The van der Waals surface area contributed by atoms with Crippen molar-refractivity contribution in [2.45, 2.75) is 25.8 Å². The maximum atomic E-state index is 14.0. The Labute approximate surface area is 130 Å². The van der Waals surface area contributed by atoms with Gasteiger partial charge in [0, 0.05) is 12.2 Å². The van der Waals surface area contributed by atoms with E-state index < -0.39 is 23.0 Å². The Bertz CT molecular complexity index is 920. The fraction of sp³-hybridized carbons (Fsp3) is 0.294. The van der Waals surface area contributed by atoms with Gasteiger partial charge in [-0.2, -0.15) is 0 Å². The number of hydrogen-bond acceptors (Lipinski definition) is 3. The number of terminal acetylenes is 1. The molecule has 0 unspecified atom stereocenters. The van der Waals surface area contributed by atoms with Crippen molar-refractivity contribution in [3.63, 3.8) is 0 Å². The predicted molar refractivity (Wildman–Crippen MR) is 80.3 cm³/mol. The van der Waals surface area contributed by atoms with Gasteiger partial charge in [0.25, 0.3) is 0 Å². The highest BCUT2D eigenvalue weighted by atomic mass is 19.2. The summed E-state index contributed by atoms with van der Waals surface area (Å²) in [7, 11) is 0. The van der Waals surface area contributed by atoms with Crippen LogP contribution < -0.4 is 5.43 Å². The molecule has 1 saturated carbocycles. The second-order valence-electron chi connectivity index (χ2n) is 5.32. The summed E-state index contributed by atoms with van der Waals surface area (Å²) in [6.45, 7) is 1.72. The summed E-state index contributed by atoms with van der Waals surface area (Å²) in [5, 5.41) is -0.116. The highest BCUT2D eigenvalue weighted by Crippen LogP contribution is 2.38. The molecule has 1 heterocycles. The molecule has 1 aromatic heterocycles. The van der Waals surface area contributed by atoms with E-state index in [4.69, 9.17) is 11.2 Å². The van der Waals surface area contributed by atoms with Crippen LogP contribution in [-0.2, 0) is 4.74 Å². The second kappa shape index (κ2) is 5.51. The molecule has 2 aromatic rings. The lowest BCUT2D eigenvalue weighted by atomic mass is 10.1. The molecular formula is C17H13F2NO3. The minimum absolute atomic E-state index is 0.00300. The Balaban J connectivity index is 2.43. The van der Waals surface area contributed by atoms with Crippen molar-refractivity contribution in [3.05, 3.63) is 45.2 Å². The molecule has 1 aromatic carbocycles. The summed E-state index contributed by atoms with van der Waals surface area (Å²) in [5.41, 5.74) is -1.09. The fourth-order valence-electron chi connectivity index (χ4n) is 2.59. The Hall–Kier alpha value is -2.68. The summed E-state index contributed by atoms with van der Waals surface area (Å²) >= 11 is 0. The van der Waals surface area contributed by atoms with Crippen LogP contribution in [0.1, 0.15) is 41.7 Å². The molecule has 4 nitrogen and oxygen atoms in total. The van der Waals surface area contributed by atoms with Gasteiger partial charge in [0.1, 0.15) is 5.56 Å². The zero-order chi connectivity index (χ0) is 16.7. The van der Waals surface area contributed by atoms with Crippen molar-refractivity contribution in [1.29, 1.82) is 0 Å². The van der Waals surface area contributed by atoms with E-state index >= 15 is 0 Å². The fourth-order valence-corrected chi connectivity index (χ4v) is 2.59. The van der Waals surface area contributed by atoms with Gasteiger partial charge in [0.15, 0.2) is 11.6 Å². The van der Waals surface area contributed by atoms with Crippen molar-refractivity contribution in [2.75, 3.05) is 6.61 Å². The maximum absolute atomic E-state index is 14.0. The van der Waals surface area contributed by atoms with E-state index in [1.807, 2.05) is 0 Å². The molecule has 23 heavy (non-hydrogen) atoms. The van der Waals surface area contributed by atoms with Gasteiger partial charge in [-0.15, -0.1) is 6.42 Å². The number of nitrogens with zero attached hydrogens (tertiary/aromatic N) is 1. The molecular weight excluding hydrogens is 304 g/mol. The average Bonchev–Trinajstić information content (AvgIpc) is 3.35. The van der Waals surface area contributed by atoms with Gasteiger partial charge in [0.05, 0.1) is 23.1 Å². The molecule has 0 atom stereocenters. The van der Waals surface area contributed by atoms with E-state index in [9.17, 15) is 18.4 Å². The van der Waals surface area contributed by atoms with Gasteiger partial charge in [0.2, 0.25) is 5.43 Å². The first-order valence-electron chi connectivity index (χ1n) is 7.20. The Morgan fingerprint density at radius 2 is 2.17 bits per heavy atom. The van der Waals surface area contributed by atoms with Crippen LogP contribution >= 0.6 is 0 Å². The minimum atomic E-state index is -1.22. The molecule has 0 aliphatic heterocycles. The van der Waals surface area contributed by atoms with Crippen LogP contribution in [0.3, 0.4) is 0 Å². The SMILES string of the molecule is C#Cc1c(F)c(F)cc2c(=O)c(C(=O)OCC)cn(C3CC3)c12. The number of carbonyl (C=O) groups excluding carboxylic acids is 1. The van der Waals surface area contributed by atoms with Crippen molar-refractivity contribution in [2.24, 2.45) is 0 Å². The second-order valence-corrected chi connectivity index (χ2v) is 5.32. The van der Waals surface area contributed by atoms with E-state index in [1.54, 1.807) is 11.5 Å². The molecule has 0 spiro atoms. The van der Waals surface area contributed by atoms with Gasteiger partial charge in [-0.3, -0.25) is 4.79 Å². The third-order valence-electron chi connectivity index (χ3n) is 3.79.